The van der Waals surface area contributed by atoms with E-state index in [1.165, 1.54) is 10.9 Å². The van der Waals surface area contributed by atoms with Gasteiger partial charge in [0.25, 0.3) is 5.91 Å². The molecule has 3 aromatic carbocycles. The summed E-state index contributed by atoms with van der Waals surface area (Å²) in [6.07, 6.45) is 0.0871. The standard InChI is InChI=1S/C30H32ClN3O3/c1-21(2)37-28-10-6-4-8-25(28)30-24-7-3-5-9-26(24)32-27(30)19-33-15-17-34(18-16-33)29(35)20-36-23-13-11-22(31)12-14-23/h3-14,21,32H,15-20H2,1-2H3. The number of aromatic amines is 1. The van der Waals surface area contributed by atoms with Gasteiger partial charge in [-0.15, -0.1) is 0 Å². The number of nitrogens with one attached hydrogen (secondary N) is 1. The summed E-state index contributed by atoms with van der Waals surface area (Å²) in [5.41, 5.74) is 4.55. The van der Waals surface area contributed by atoms with Gasteiger partial charge in [-0.1, -0.05) is 48.0 Å². The number of carbonyl (C=O) groups is 1. The van der Waals surface area contributed by atoms with E-state index in [0.29, 0.717) is 23.9 Å². The van der Waals surface area contributed by atoms with Gasteiger partial charge in [0.1, 0.15) is 11.5 Å². The molecule has 6 nitrogen and oxygen atoms in total. The van der Waals surface area contributed by atoms with Gasteiger partial charge in [0.2, 0.25) is 0 Å². The molecule has 0 saturated carbocycles. The van der Waals surface area contributed by atoms with E-state index in [1.807, 2.05) is 30.9 Å². The molecule has 192 valence electrons. The topological polar surface area (TPSA) is 57.8 Å². The second-order valence-electron chi connectivity index (χ2n) is 9.59. The first-order valence-electron chi connectivity index (χ1n) is 12.7. The van der Waals surface area contributed by atoms with E-state index >= 15 is 0 Å². The molecule has 1 saturated heterocycles. The molecule has 0 spiro atoms. The molecule has 0 aliphatic carbocycles. The summed E-state index contributed by atoms with van der Waals surface area (Å²) < 4.78 is 11.8. The fourth-order valence-electron chi connectivity index (χ4n) is 4.80. The molecule has 1 aromatic heterocycles. The minimum atomic E-state index is 0.000614. The summed E-state index contributed by atoms with van der Waals surface area (Å²) in [7, 11) is 0. The van der Waals surface area contributed by atoms with Crippen LogP contribution in [0.1, 0.15) is 19.5 Å². The number of halogens is 1. The van der Waals surface area contributed by atoms with E-state index in [2.05, 4.69) is 46.3 Å². The summed E-state index contributed by atoms with van der Waals surface area (Å²) in [4.78, 5) is 20.7. The molecule has 1 fully saturated rings. The number of H-pyrrole nitrogens is 1. The number of rotatable bonds is 8. The SMILES string of the molecule is CC(C)Oc1ccccc1-c1c(CN2CCN(C(=O)COc3ccc(Cl)cc3)CC2)[nH]c2ccccc12. The lowest BCUT2D eigenvalue weighted by atomic mass is 10.0. The highest BCUT2D eigenvalue weighted by molar-refractivity contribution is 6.30. The summed E-state index contributed by atoms with van der Waals surface area (Å²) in [5, 5.41) is 1.83. The molecule has 0 radical (unpaired) electrons. The van der Waals surface area contributed by atoms with Crippen molar-refractivity contribution in [3.8, 4) is 22.6 Å². The van der Waals surface area contributed by atoms with Crippen LogP contribution in [0, 0.1) is 0 Å². The largest absolute Gasteiger partial charge is 0.490 e. The Labute approximate surface area is 222 Å². The summed E-state index contributed by atoms with van der Waals surface area (Å²) >= 11 is 5.92. The van der Waals surface area contributed by atoms with Crippen molar-refractivity contribution in [1.82, 2.24) is 14.8 Å². The Morgan fingerprint density at radius 2 is 1.65 bits per heavy atom. The number of amides is 1. The van der Waals surface area contributed by atoms with Crippen LogP contribution in [0.25, 0.3) is 22.0 Å². The number of nitrogens with zero attached hydrogens (tertiary/aromatic N) is 2. The molecule has 5 rings (SSSR count). The number of para-hydroxylation sites is 2. The van der Waals surface area contributed by atoms with Gasteiger partial charge in [0.05, 0.1) is 6.10 Å². The lowest BCUT2D eigenvalue weighted by molar-refractivity contribution is -0.135. The van der Waals surface area contributed by atoms with E-state index in [0.717, 1.165) is 42.2 Å². The maximum atomic E-state index is 12.7. The second kappa shape index (κ2) is 11.3. The Hall–Kier alpha value is -3.48. The Kier molecular flexibility index (Phi) is 7.68. The maximum Gasteiger partial charge on any atom is 0.260 e. The van der Waals surface area contributed by atoms with Crippen LogP contribution in [0.15, 0.2) is 72.8 Å². The zero-order valence-electron chi connectivity index (χ0n) is 21.2. The van der Waals surface area contributed by atoms with Crippen LogP contribution in [0.5, 0.6) is 11.5 Å². The molecular weight excluding hydrogens is 486 g/mol. The molecule has 0 unspecified atom stereocenters. The average Bonchev–Trinajstić information content (AvgIpc) is 3.26. The summed E-state index contributed by atoms with van der Waals surface area (Å²) in [6, 6.07) is 23.7. The van der Waals surface area contributed by atoms with Gasteiger partial charge in [0.15, 0.2) is 6.61 Å². The Balaban J connectivity index is 1.28. The molecule has 1 aliphatic rings. The van der Waals surface area contributed by atoms with Crippen molar-refractivity contribution < 1.29 is 14.3 Å². The number of aromatic nitrogens is 1. The minimum absolute atomic E-state index is 0.000614. The molecule has 4 aromatic rings. The van der Waals surface area contributed by atoms with Crippen molar-refractivity contribution in [1.29, 1.82) is 0 Å². The van der Waals surface area contributed by atoms with Crippen molar-refractivity contribution in [2.24, 2.45) is 0 Å². The number of benzene rings is 3. The molecule has 1 amide bonds. The Morgan fingerprint density at radius 1 is 0.946 bits per heavy atom. The summed E-state index contributed by atoms with van der Waals surface area (Å²) in [6.45, 7) is 7.83. The van der Waals surface area contributed by atoms with Crippen molar-refractivity contribution in [3.63, 3.8) is 0 Å². The van der Waals surface area contributed by atoms with Crippen LogP contribution in [-0.4, -0.2) is 59.6 Å². The van der Waals surface area contributed by atoms with Gasteiger partial charge >= 0.3 is 0 Å². The van der Waals surface area contributed by atoms with Crippen LogP contribution < -0.4 is 9.47 Å². The van der Waals surface area contributed by atoms with Crippen LogP contribution in [-0.2, 0) is 11.3 Å². The molecule has 0 bridgehead atoms. The van der Waals surface area contributed by atoms with Gasteiger partial charge in [0, 0.05) is 65.5 Å². The predicted molar refractivity (Wildman–Crippen MR) is 148 cm³/mol. The summed E-state index contributed by atoms with van der Waals surface area (Å²) in [5.74, 6) is 1.53. The van der Waals surface area contributed by atoms with E-state index in [1.54, 1.807) is 24.3 Å². The number of piperazine rings is 1. The predicted octanol–water partition coefficient (Wildman–Crippen LogP) is 6.00. The van der Waals surface area contributed by atoms with Crippen molar-refractivity contribution in [2.45, 2.75) is 26.5 Å². The highest BCUT2D eigenvalue weighted by Gasteiger charge is 2.24. The van der Waals surface area contributed by atoms with Crippen molar-refractivity contribution in [2.75, 3.05) is 32.8 Å². The third-order valence-electron chi connectivity index (χ3n) is 6.59. The highest BCUT2D eigenvalue weighted by Crippen LogP contribution is 2.39. The molecule has 0 atom stereocenters. The van der Waals surface area contributed by atoms with Crippen LogP contribution in [0.2, 0.25) is 5.02 Å². The Bertz CT molecular complexity index is 1360. The third-order valence-corrected chi connectivity index (χ3v) is 6.84. The minimum Gasteiger partial charge on any atom is -0.490 e. The van der Waals surface area contributed by atoms with Gasteiger partial charge < -0.3 is 19.4 Å². The highest BCUT2D eigenvalue weighted by atomic mass is 35.5. The number of fused-ring (bicyclic) bond motifs is 1. The van der Waals surface area contributed by atoms with Crippen LogP contribution in [0.4, 0.5) is 0 Å². The van der Waals surface area contributed by atoms with Crippen molar-refractivity contribution >= 4 is 28.4 Å². The van der Waals surface area contributed by atoms with Gasteiger partial charge in [-0.3, -0.25) is 9.69 Å². The molecule has 2 heterocycles. The Morgan fingerprint density at radius 3 is 2.41 bits per heavy atom. The second-order valence-corrected chi connectivity index (χ2v) is 10.0. The number of hydrogen-bond donors (Lipinski definition) is 1. The van der Waals surface area contributed by atoms with Gasteiger partial charge in [-0.25, -0.2) is 0 Å². The number of carbonyl (C=O) groups excluding carboxylic acids is 1. The first-order valence-corrected chi connectivity index (χ1v) is 13.1. The molecule has 37 heavy (non-hydrogen) atoms. The van der Waals surface area contributed by atoms with Crippen LogP contribution in [0.3, 0.4) is 0 Å². The first-order chi connectivity index (χ1) is 18.0. The molecule has 7 heteroatoms. The normalized spacial score (nSPS) is 14.3. The van der Waals surface area contributed by atoms with Crippen molar-refractivity contribution in [3.05, 3.63) is 83.5 Å². The fourth-order valence-corrected chi connectivity index (χ4v) is 4.93. The smallest absolute Gasteiger partial charge is 0.260 e. The number of ether oxygens (including phenoxy) is 2. The molecule has 1 aliphatic heterocycles. The van der Waals surface area contributed by atoms with E-state index in [4.69, 9.17) is 21.1 Å². The number of hydrogen-bond acceptors (Lipinski definition) is 4. The third kappa shape index (κ3) is 5.92. The van der Waals surface area contributed by atoms with Gasteiger partial charge in [-0.2, -0.15) is 0 Å². The van der Waals surface area contributed by atoms with Crippen LogP contribution >= 0.6 is 11.6 Å². The zero-order chi connectivity index (χ0) is 25.8. The quantitative estimate of drug-likeness (QED) is 0.311. The zero-order valence-corrected chi connectivity index (χ0v) is 22.0. The van der Waals surface area contributed by atoms with E-state index < -0.39 is 0 Å². The molecular formula is C30H32ClN3O3. The lowest BCUT2D eigenvalue weighted by Crippen LogP contribution is -2.49. The average molecular weight is 518 g/mol. The van der Waals surface area contributed by atoms with Gasteiger partial charge in [-0.05, 0) is 50.2 Å². The molecule has 1 N–H and O–H groups in total. The van der Waals surface area contributed by atoms with E-state index in [9.17, 15) is 4.79 Å². The maximum absolute atomic E-state index is 12.7. The monoisotopic (exact) mass is 517 g/mol. The fraction of sp³-hybridized carbons (Fsp3) is 0.300. The lowest BCUT2D eigenvalue weighted by Gasteiger charge is -2.34. The first kappa shape index (κ1) is 25.2. The van der Waals surface area contributed by atoms with E-state index in [-0.39, 0.29) is 18.6 Å².